The predicted molar refractivity (Wildman–Crippen MR) is 65.9 cm³/mol. The lowest BCUT2D eigenvalue weighted by molar-refractivity contribution is -0.116. The van der Waals surface area contributed by atoms with Gasteiger partial charge in [0.2, 0.25) is 5.91 Å². The van der Waals surface area contributed by atoms with Crippen molar-refractivity contribution in [1.82, 2.24) is 9.97 Å². The smallest absolute Gasteiger partial charge is 0.236 e. The van der Waals surface area contributed by atoms with Crippen molar-refractivity contribution in [2.45, 2.75) is 12.1 Å². The van der Waals surface area contributed by atoms with Gasteiger partial charge in [-0.3, -0.25) is 4.79 Å². The third-order valence-corrected chi connectivity index (χ3v) is 2.64. The van der Waals surface area contributed by atoms with Crippen LogP contribution in [0.25, 0.3) is 0 Å². The minimum atomic E-state index is -0.401. The van der Waals surface area contributed by atoms with Crippen LogP contribution < -0.4 is 10.6 Å². The fraction of sp³-hybridized carbons (Fsp3) is 0.444. The summed E-state index contributed by atoms with van der Waals surface area (Å²) in [5.74, 6) is 0.216. The first-order valence-corrected chi connectivity index (χ1v) is 6.29. The Morgan fingerprint density at radius 2 is 2.31 bits per heavy atom. The number of carbonyl (C=O) groups excluding carboxylic acids is 1. The first kappa shape index (κ1) is 13.1. The SMILES string of the molecule is CCN(CC(N)=O)c1cc(Cl)nc(SC)n1. The number of hydrogen-bond acceptors (Lipinski definition) is 5. The molecule has 0 aliphatic heterocycles. The lowest BCUT2D eigenvalue weighted by Gasteiger charge is -2.20. The molecule has 7 heteroatoms. The van der Waals surface area contributed by atoms with E-state index >= 15 is 0 Å². The van der Waals surface area contributed by atoms with E-state index in [2.05, 4.69) is 9.97 Å². The molecule has 1 aromatic heterocycles. The maximum Gasteiger partial charge on any atom is 0.236 e. The molecular weight excluding hydrogens is 248 g/mol. The van der Waals surface area contributed by atoms with Crippen molar-refractivity contribution < 1.29 is 4.79 Å². The number of aromatic nitrogens is 2. The Labute approximate surface area is 103 Å². The van der Waals surface area contributed by atoms with E-state index < -0.39 is 5.91 Å². The van der Waals surface area contributed by atoms with E-state index in [1.54, 1.807) is 11.0 Å². The van der Waals surface area contributed by atoms with Gasteiger partial charge >= 0.3 is 0 Å². The zero-order chi connectivity index (χ0) is 12.1. The van der Waals surface area contributed by atoms with Crippen molar-refractivity contribution in [1.29, 1.82) is 0 Å². The molecule has 0 spiro atoms. The van der Waals surface area contributed by atoms with E-state index in [-0.39, 0.29) is 6.54 Å². The molecule has 88 valence electrons. The van der Waals surface area contributed by atoms with Crippen LogP contribution >= 0.6 is 23.4 Å². The van der Waals surface area contributed by atoms with Gasteiger partial charge in [-0.05, 0) is 13.2 Å². The van der Waals surface area contributed by atoms with Crippen molar-refractivity contribution in [2.24, 2.45) is 5.73 Å². The molecule has 0 radical (unpaired) electrons. The van der Waals surface area contributed by atoms with E-state index in [4.69, 9.17) is 17.3 Å². The number of halogens is 1. The van der Waals surface area contributed by atoms with Gasteiger partial charge in [0, 0.05) is 12.6 Å². The highest BCUT2D eigenvalue weighted by atomic mass is 35.5. The minimum absolute atomic E-state index is 0.123. The van der Waals surface area contributed by atoms with E-state index in [0.717, 1.165) is 0 Å². The minimum Gasteiger partial charge on any atom is -0.368 e. The Balaban J connectivity index is 2.99. The van der Waals surface area contributed by atoms with Crippen molar-refractivity contribution in [3.05, 3.63) is 11.2 Å². The van der Waals surface area contributed by atoms with Gasteiger partial charge in [0.15, 0.2) is 5.16 Å². The van der Waals surface area contributed by atoms with Crippen LogP contribution in [-0.2, 0) is 4.79 Å². The third-order valence-electron chi connectivity index (χ3n) is 1.90. The van der Waals surface area contributed by atoms with Gasteiger partial charge in [-0.15, -0.1) is 0 Å². The maximum atomic E-state index is 10.9. The molecule has 5 nitrogen and oxygen atoms in total. The summed E-state index contributed by atoms with van der Waals surface area (Å²) in [6.07, 6.45) is 1.86. The highest BCUT2D eigenvalue weighted by Gasteiger charge is 2.11. The number of nitrogens with zero attached hydrogens (tertiary/aromatic N) is 3. The molecule has 1 rings (SSSR count). The average molecular weight is 261 g/mol. The van der Waals surface area contributed by atoms with E-state index in [1.807, 2.05) is 13.2 Å². The molecule has 1 amide bonds. The average Bonchev–Trinajstić information content (AvgIpc) is 2.24. The standard InChI is InChI=1S/C9H13ClN4OS/c1-3-14(5-7(11)15)8-4-6(10)12-9(13-8)16-2/h4H,3,5H2,1-2H3,(H2,11,15). The second kappa shape index (κ2) is 5.91. The normalized spacial score (nSPS) is 10.2. The topological polar surface area (TPSA) is 72.1 Å². The summed E-state index contributed by atoms with van der Waals surface area (Å²) in [6.45, 7) is 2.67. The van der Waals surface area contributed by atoms with Crippen molar-refractivity contribution in [2.75, 3.05) is 24.2 Å². The van der Waals surface area contributed by atoms with E-state index in [0.29, 0.717) is 22.7 Å². The van der Waals surface area contributed by atoms with Crippen LogP contribution in [-0.4, -0.2) is 35.2 Å². The second-order valence-electron chi connectivity index (χ2n) is 3.02. The number of amides is 1. The molecule has 0 atom stereocenters. The van der Waals surface area contributed by atoms with Crippen LogP contribution in [0.15, 0.2) is 11.2 Å². The summed E-state index contributed by atoms with van der Waals surface area (Å²) in [6, 6.07) is 1.62. The molecule has 0 fully saturated rings. The Hall–Kier alpha value is -1.01. The summed E-state index contributed by atoms with van der Waals surface area (Å²) in [5, 5.41) is 0.933. The number of thioether (sulfide) groups is 1. The zero-order valence-electron chi connectivity index (χ0n) is 9.11. The fourth-order valence-corrected chi connectivity index (χ4v) is 1.78. The number of likely N-dealkylation sites (N-methyl/N-ethyl adjacent to an activating group) is 1. The van der Waals surface area contributed by atoms with Crippen LogP contribution in [0.4, 0.5) is 5.82 Å². The number of hydrogen-bond donors (Lipinski definition) is 1. The summed E-state index contributed by atoms with van der Waals surface area (Å²) < 4.78 is 0. The number of anilines is 1. The molecule has 1 heterocycles. The van der Waals surface area contributed by atoms with Crippen LogP contribution in [0.5, 0.6) is 0 Å². The quantitative estimate of drug-likeness (QED) is 0.489. The number of rotatable bonds is 5. The van der Waals surface area contributed by atoms with Crippen LogP contribution in [0.1, 0.15) is 6.92 Å². The Morgan fingerprint density at radius 3 is 2.81 bits per heavy atom. The summed E-state index contributed by atoms with van der Waals surface area (Å²) in [4.78, 5) is 20.9. The lowest BCUT2D eigenvalue weighted by atomic mass is 10.4. The van der Waals surface area contributed by atoms with Gasteiger partial charge in [-0.25, -0.2) is 9.97 Å². The Bertz CT molecular complexity index is 388. The van der Waals surface area contributed by atoms with Gasteiger partial charge in [0.25, 0.3) is 0 Å². The van der Waals surface area contributed by atoms with Gasteiger partial charge in [0.1, 0.15) is 11.0 Å². The first-order valence-electron chi connectivity index (χ1n) is 4.68. The van der Waals surface area contributed by atoms with Crippen LogP contribution in [0.2, 0.25) is 5.15 Å². The summed E-state index contributed by atoms with van der Waals surface area (Å²) in [7, 11) is 0. The molecule has 0 aromatic carbocycles. The highest BCUT2D eigenvalue weighted by molar-refractivity contribution is 7.98. The van der Waals surface area contributed by atoms with Crippen LogP contribution in [0, 0.1) is 0 Å². The molecule has 0 saturated carbocycles. The molecule has 2 N–H and O–H groups in total. The van der Waals surface area contributed by atoms with Crippen molar-refractivity contribution >= 4 is 35.1 Å². The summed E-state index contributed by atoms with van der Waals surface area (Å²) in [5.41, 5.74) is 5.15. The molecule has 0 aliphatic carbocycles. The number of carbonyl (C=O) groups is 1. The summed E-state index contributed by atoms with van der Waals surface area (Å²) >= 11 is 7.25. The molecule has 0 saturated heterocycles. The van der Waals surface area contributed by atoms with Gasteiger partial charge in [0.05, 0.1) is 6.54 Å². The second-order valence-corrected chi connectivity index (χ2v) is 4.18. The predicted octanol–water partition coefficient (Wildman–Crippen LogP) is 1.16. The monoisotopic (exact) mass is 260 g/mol. The third kappa shape index (κ3) is 3.53. The van der Waals surface area contributed by atoms with E-state index in [1.165, 1.54) is 11.8 Å². The Kier molecular flexibility index (Phi) is 4.82. The molecule has 0 unspecified atom stereocenters. The molecular formula is C9H13ClN4OS. The number of primary amides is 1. The van der Waals surface area contributed by atoms with Gasteiger partial charge < -0.3 is 10.6 Å². The van der Waals surface area contributed by atoms with Crippen molar-refractivity contribution in [3.63, 3.8) is 0 Å². The molecule has 0 aliphatic rings. The largest absolute Gasteiger partial charge is 0.368 e. The van der Waals surface area contributed by atoms with E-state index in [9.17, 15) is 4.79 Å². The molecule has 1 aromatic rings. The highest BCUT2D eigenvalue weighted by Crippen LogP contribution is 2.19. The zero-order valence-corrected chi connectivity index (χ0v) is 10.7. The van der Waals surface area contributed by atoms with Crippen molar-refractivity contribution in [3.8, 4) is 0 Å². The first-order chi connectivity index (χ1) is 7.56. The number of nitrogens with two attached hydrogens (primary N) is 1. The molecule has 16 heavy (non-hydrogen) atoms. The van der Waals surface area contributed by atoms with Crippen LogP contribution in [0.3, 0.4) is 0 Å². The maximum absolute atomic E-state index is 10.9. The fourth-order valence-electron chi connectivity index (χ4n) is 1.18. The Morgan fingerprint density at radius 1 is 1.62 bits per heavy atom. The molecule has 0 bridgehead atoms. The van der Waals surface area contributed by atoms with Gasteiger partial charge in [-0.2, -0.15) is 0 Å². The lowest BCUT2D eigenvalue weighted by Crippen LogP contribution is -2.34. The van der Waals surface area contributed by atoms with Gasteiger partial charge in [-0.1, -0.05) is 23.4 Å².